The van der Waals surface area contributed by atoms with E-state index in [4.69, 9.17) is 0 Å². The fourth-order valence-electron chi connectivity index (χ4n) is 0.596. The van der Waals surface area contributed by atoms with Gasteiger partial charge in [-0.05, 0) is 0 Å². The molecule has 0 heterocycles. The molecule has 0 amide bonds. The van der Waals surface area contributed by atoms with Crippen molar-refractivity contribution in [1.82, 2.24) is 0 Å². The van der Waals surface area contributed by atoms with Crippen LogP contribution < -0.4 is 4.65 Å². The first-order valence-corrected chi connectivity index (χ1v) is 3.48. The van der Waals surface area contributed by atoms with Crippen LogP contribution in [-0.2, 0) is 4.70 Å². The van der Waals surface area contributed by atoms with Gasteiger partial charge in [-0.2, -0.15) is 0 Å². The predicted octanol–water partition coefficient (Wildman–Crippen LogP) is 1.79. The molecule has 0 spiro atoms. The van der Waals surface area contributed by atoms with Crippen LogP contribution in [0.15, 0.2) is 28.7 Å². The van der Waals surface area contributed by atoms with Gasteiger partial charge in [0.2, 0.25) is 0 Å². The molecule has 50 valence electrons. The fourth-order valence-corrected chi connectivity index (χ4v) is 0.974. The average molecular weight is 199 g/mol. The van der Waals surface area contributed by atoms with Gasteiger partial charge in [0.15, 0.2) is 0 Å². The van der Waals surface area contributed by atoms with Gasteiger partial charge in [0.05, 0.1) is 0 Å². The summed E-state index contributed by atoms with van der Waals surface area (Å²) in [5, 5.41) is 0. The van der Waals surface area contributed by atoms with Crippen LogP contribution in [0.5, 0.6) is 5.75 Å². The van der Waals surface area contributed by atoms with Crippen LogP contribution in [0.3, 0.4) is 0 Å². The van der Waals surface area contributed by atoms with Gasteiger partial charge in [-0.25, -0.2) is 0 Å². The van der Waals surface area contributed by atoms with E-state index in [0.29, 0.717) is 13.1 Å². The minimum absolute atomic E-state index is 0.405. The van der Waals surface area contributed by atoms with Crippen LogP contribution >= 0.6 is 15.9 Å². The van der Waals surface area contributed by atoms with Crippen molar-refractivity contribution >= 4 is 23.3 Å². The van der Waals surface area contributed by atoms with E-state index in [1.54, 1.807) is 18.2 Å². The summed E-state index contributed by atoms with van der Waals surface area (Å²) in [6, 6.07) is 7.08. The Bertz CT molecular complexity index is 239. The Morgan fingerprint density at radius 1 is 1.50 bits per heavy atom. The van der Waals surface area contributed by atoms with E-state index in [9.17, 15) is 4.70 Å². The molecular formula is C6H4BBrO2. The van der Waals surface area contributed by atoms with Crippen LogP contribution in [0.2, 0.25) is 0 Å². The second-order valence-corrected chi connectivity index (χ2v) is 2.59. The zero-order chi connectivity index (χ0) is 7.40. The third-order valence-electron chi connectivity index (χ3n) is 0.980. The summed E-state index contributed by atoms with van der Waals surface area (Å²) in [7, 11) is 0.405. The molecule has 0 saturated heterocycles. The molecule has 1 aromatic rings. The molecule has 0 bridgehead atoms. The molecule has 0 N–H and O–H groups in total. The van der Waals surface area contributed by atoms with Gasteiger partial charge >= 0.3 is 67.1 Å². The summed E-state index contributed by atoms with van der Waals surface area (Å²) in [5.74, 6) is 0.546. The molecule has 1 rings (SSSR count). The molecule has 0 atom stereocenters. The molecule has 10 heavy (non-hydrogen) atoms. The molecule has 4 heteroatoms. The molecule has 1 aromatic carbocycles. The molecule has 0 aromatic heterocycles. The molecule has 0 fully saturated rings. The number of rotatable bonds is 2. The normalized spacial score (nSPS) is 8.50. The third-order valence-corrected chi connectivity index (χ3v) is 1.47. The van der Waals surface area contributed by atoms with E-state index >= 15 is 0 Å². The van der Waals surface area contributed by atoms with E-state index in [1.807, 2.05) is 6.07 Å². The second kappa shape index (κ2) is 3.51. The maximum atomic E-state index is 9.85. The van der Waals surface area contributed by atoms with E-state index in [0.717, 1.165) is 4.47 Å². The van der Waals surface area contributed by atoms with Crippen LogP contribution in [-0.4, -0.2) is 7.35 Å². The third kappa shape index (κ3) is 1.95. The maximum absolute atomic E-state index is 9.85. The molecule has 0 unspecified atom stereocenters. The Kier molecular flexibility index (Phi) is 2.62. The van der Waals surface area contributed by atoms with Crippen LogP contribution in [0.1, 0.15) is 0 Å². The van der Waals surface area contributed by atoms with Crippen molar-refractivity contribution in [3.8, 4) is 5.75 Å². The molecular weight excluding hydrogens is 195 g/mol. The summed E-state index contributed by atoms with van der Waals surface area (Å²) in [6.07, 6.45) is 0. The first-order valence-electron chi connectivity index (χ1n) is 2.69. The monoisotopic (exact) mass is 198 g/mol. The quantitative estimate of drug-likeness (QED) is 0.678. The molecule has 0 aliphatic heterocycles. The molecule has 0 aliphatic carbocycles. The standard InChI is InChI=1S/C6H4BBrO2/c8-5-2-1-3-6(4-5)10-7-9/h1-4H. The Hall–Kier alpha value is -0.635. The van der Waals surface area contributed by atoms with E-state index in [1.165, 1.54) is 0 Å². The number of hydrogen-bond donors (Lipinski definition) is 0. The summed E-state index contributed by atoms with van der Waals surface area (Å²) in [6.45, 7) is 0. The summed E-state index contributed by atoms with van der Waals surface area (Å²) < 4.78 is 15.3. The first kappa shape index (κ1) is 7.47. The zero-order valence-corrected chi connectivity index (χ0v) is 6.67. The van der Waals surface area contributed by atoms with Crippen molar-refractivity contribution < 1.29 is 9.36 Å². The molecule has 0 aliphatic rings. The summed E-state index contributed by atoms with van der Waals surface area (Å²) in [4.78, 5) is 0. The number of hydrogen-bond acceptors (Lipinski definition) is 2. The second-order valence-electron chi connectivity index (χ2n) is 1.67. The van der Waals surface area contributed by atoms with Crippen molar-refractivity contribution in [1.29, 1.82) is 0 Å². The zero-order valence-electron chi connectivity index (χ0n) is 5.08. The van der Waals surface area contributed by atoms with E-state index in [-0.39, 0.29) is 0 Å². The van der Waals surface area contributed by atoms with Crippen molar-refractivity contribution in [2.75, 3.05) is 0 Å². The number of halogens is 1. The van der Waals surface area contributed by atoms with Crippen molar-refractivity contribution in [3.05, 3.63) is 28.7 Å². The van der Waals surface area contributed by atoms with Crippen LogP contribution in [0.4, 0.5) is 0 Å². The van der Waals surface area contributed by atoms with Gasteiger partial charge < -0.3 is 0 Å². The van der Waals surface area contributed by atoms with Gasteiger partial charge in [-0.15, -0.1) is 0 Å². The first-order chi connectivity index (χ1) is 4.83. The van der Waals surface area contributed by atoms with Crippen molar-refractivity contribution in [2.45, 2.75) is 0 Å². The minimum atomic E-state index is 0.405. The van der Waals surface area contributed by atoms with Crippen molar-refractivity contribution in [2.24, 2.45) is 0 Å². The van der Waals surface area contributed by atoms with Gasteiger partial charge in [0.25, 0.3) is 0 Å². The Balaban J connectivity index is 2.84. The van der Waals surface area contributed by atoms with Gasteiger partial charge in [0, 0.05) is 0 Å². The number of benzene rings is 1. The Morgan fingerprint density at radius 2 is 2.30 bits per heavy atom. The SMILES string of the molecule is O=BOc1cccc(Br)c1. The topological polar surface area (TPSA) is 26.3 Å². The van der Waals surface area contributed by atoms with Gasteiger partial charge in [0.1, 0.15) is 0 Å². The Labute approximate surface area is 67.6 Å². The van der Waals surface area contributed by atoms with Crippen LogP contribution in [0.25, 0.3) is 0 Å². The summed E-state index contributed by atoms with van der Waals surface area (Å²) >= 11 is 3.24. The van der Waals surface area contributed by atoms with Gasteiger partial charge in [-0.1, -0.05) is 0 Å². The Morgan fingerprint density at radius 3 is 2.90 bits per heavy atom. The van der Waals surface area contributed by atoms with Gasteiger partial charge in [-0.3, -0.25) is 0 Å². The summed E-state index contributed by atoms with van der Waals surface area (Å²) in [5.41, 5.74) is 0. The molecule has 2 nitrogen and oxygen atoms in total. The van der Waals surface area contributed by atoms with Crippen molar-refractivity contribution in [3.63, 3.8) is 0 Å². The van der Waals surface area contributed by atoms with Crippen LogP contribution in [0, 0.1) is 0 Å². The molecule has 0 saturated carbocycles. The average Bonchev–Trinajstić information content (AvgIpc) is 1.88. The fraction of sp³-hybridized carbons (Fsp3) is 0. The molecule has 0 radical (unpaired) electrons. The van der Waals surface area contributed by atoms with E-state index < -0.39 is 0 Å². The predicted molar refractivity (Wildman–Crippen MR) is 41.2 cm³/mol. The van der Waals surface area contributed by atoms with E-state index in [2.05, 4.69) is 20.6 Å².